The van der Waals surface area contributed by atoms with Crippen molar-refractivity contribution in [2.75, 3.05) is 20.1 Å². The first-order valence-corrected chi connectivity index (χ1v) is 8.28. The average Bonchev–Trinajstić information content (AvgIpc) is 2.92. The molecule has 2 atom stereocenters. The fourth-order valence-electron chi connectivity index (χ4n) is 4.67. The molecule has 0 saturated carbocycles. The minimum absolute atomic E-state index is 0. The summed E-state index contributed by atoms with van der Waals surface area (Å²) in [5.41, 5.74) is 7.37. The van der Waals surface area contributed by atoms with E-state index in [1.807, 2.05) is 0 Å². The number of aromatic amines is 1. The molecule has 3 heterocycles. The number of para-hydroxylation sites is 1. The summed E-state index contributed by atoms with van der Waals surface area (Å²) in [4.78, 5) is 3.77. The summed E-state index contributed by atoms with van der Waals surface area (Å²) >= 11 is 0. The predicted molar refractivity (Wildman–Crippen MR) is 89.9 cm³/mol. The van der Waals surface area contributed by atoms with Gasteiger partial charge < -0.3 is 33.4 Å². The Hall–Kier alpha value is -1.33. The highest BCUT2D eigenvalue weighted by molar-refractivity contribution is 5.85. The van der Waals surface area contributed by atoms with Gasteiger partial charge in [-0.2, -0.15) is 0 Å². The van der Waals surface area contributed by atoms with E-state index < -0.39 is 0 Å². The van der Waals surface area contributed by atoms with Crippen molar-refractivity contribution in [2.24, 2.45) is 0 Å². The SMILES string of the molecule is C[N+]12CCc3ccccc3C1c1[nH]c3ccccc3c1CC2.[I-]. The van der Waals surface area contributed by atoms with E-state index >= 15 is 0 Å². The number of fused-ring (bicyclic) bond motifs is 7. The first-order valence-electron chi connectivity index (χ1n) is 8.28. The quantitative estimate of drug-likeness (QED) is 0.413. The summed E-state index contributed by atoms with van der Waals surface area (Å²) in [6, 6.07) is 18.3. The van der Waals surface area contributed by atoms with Gasteiger partial charge in [0.05, 0.1) is 25.8 Å². The van der Waals surface area contributed by atoms with Gasteiger partial charge in [-0.3, -0.25) is 0 Å². The van der Waals surface area contributed by atoms with Gasteiger partial charge in [-0.15, -0.1) is 0 Å². The first-order chi connectivity index (χ1) is 10.8. The molecular formula is C20H21IN2. The number of nitrogens with zero attached hydrogens (tertiary/aromatic N) is 1. The maximum Gasteiger partial charge on any atom is 0.156 e. The van der Waals surface area contributed by atoms with Crippen molar-refractivity contribution in [3.8, 4) is 0 Å². The van der Waals surface area contributed by atoms with Crippen LogP contribution in [0.4, 0.5) is 0 Å². The Bertz CT molecular complexity index is 882. The molecule has 1 N–H and O–H groups in total. The van der Waals surface area contributed by atoms with Gasteiger partial charge >= 0.3 is 0 Å². The molecule has 0 spiro atoms. The van der Waals surface area contributed by atoms with Gasteiger partial charge in [0, 0.05) is 29.3 Å². The number of quaternary nitrogens is 1. The molecule has 2 aromatic carbocycles. The number of nitrogens with one attached hydrogen (secondary N) is 1. The molecule has 2 aliphatic heterocycles. The summed E-state index contributed by atoms with van der Waals surface area (Å²) in [5.74, 6) is 0. The van der Waals surface area contributed by atoms with Gasteiger partial charge in [0.2, 0.25) is 0 Å². The summed E-state index contributed by atoms with van der Waals surface area (Å²) < 4.78 is 1.15. The van der Waals surface area contributed by atoms with E-state index in [0.717, 1.165) is 4.48 Å². The van der Waals surface area contributed by atoms with Gasteiger partial charge in [0.1, 0.15) is 0 Å². The minimum atomic E-state index is 0. The van der Waals surface area contributed by atoms with E-state index in [2.05, 4.69) is 60.6 Å². The Morgan fingerprint density at radius 2 is 1.70 bits per heavy atom. The zero-order chi connectivity index (χ0) is 14.7. The largest absolute Gasteiger partial charge is 1.00 e. The zero-order valence-corrected chi connectivity index (χ0v) is 15.5. The van der Waals surface area contributed by atoms with Crippen LogP contribution in [0.15, 0.2) is 48.5 Å². The maximum atomic E-state index is 3.77. The number of halogens is 1. The van der Waals surface area contributed by atoms with E-state index in [1.165, 1.54) is 53.7 Å². The normalized spacial score (nSPS) is 25.2. The van der Waals surface area contributed by atoms with Crippen LogP contribution in [0, 0.1) is 0 Å². The number of rotatable bonds is 0. The van der Waals surface area contributed by atoms with Crippen LogP contribution in [0.3, 0.4) is 0 Å². The maximum absolute atomic E-state index is 3.77. The second kappa shape index (κ2) is 5.35. The number of aromatic nitrogens is 1. The van der Waals surface area contributed by atoms with Crippen LogP contribution in [0.1, 0.15) is 28.4 Å². The lowest BCUT2D eigenvalue weighted by Crippen LogP contribution is -3.00. The number of hydrogen-bond donors (Lipinski definition) is 1. The number of likely N-dealkylation sites (N-methyl/N-ethyl adjacent to an activating group) is 1. The van der Waals surface area contributed by atoms with Crippen LogP contribution in [0.25, 0.3) is 10.9 Å². The molecule has 0 radical (unpaired) electrons. The summed E-state index contributed by atoms with van der Waals surface area (Å²) in [6.45, 7) is 2.49. The summed E-state index contributed by atoms with van der Waals surface area (Å²) in [5, 5.41) is 1.42. The summed E-state index contributed by atoms with van der Waals surface area (Å²) in [6.07, 6.45) is 2.40. The predicted octanol–water partition coefficient (Wildman–Crippen LogP) is 0.820. The molecule has 0 amide bonds. The molecule has 2 unspecified atom stereocenters. The van der Waals surface area contributed by atoms with E-state index in [1.54, 1.807) is 5.56 Å². The average molecular weight is 416 g/mol. The van der Waals surface area contributed by atoms with Gasteiger partial charge in [0.25, 0.3) is 0 Å². The fraction of sp³-hybridized carbons (Fsp3) is 0.300. The second-order valence-electron chi connectivity index (χ2n) is 7.09. The molecule has 1 aromatic heterocycles. The highest BCUT2D eigenvalue weighted by Crippen LogP contribution is 2.45. The molecule has 3 heteroatoms. The highest BCUT2D eigenvalue weighted by atomic mass is 127. The van der Waals surface area contributed by atoms with E-state index in [9.17, 15) is 0 Å². The Morgan fingerprint density at radius 1 is 0.957 bits per heavy atom. The molecule has 0 saturated heterocycles. The third kappa shape index (κ3) is 2.09. The van der Waals surface area contributed by atoms with E-state index in [4.69, 9.17) is 0 Å². The lowest BCUT2D eigenvalue weighted by atomic mass is 9.83. The summed E-state index contributed by atoms with van der Waals surface area (Å²) in [7, 11) is 2.44. The molecule has 0 aliphatic carbocycles. The van der Waals surface area contributed by atoms with Crippen molar-refractivity contribution in [2.45, 2.75) is 18.9 Å². The minimum Gasteiger partial charge on any atom is -1.00 e. The third-order valence-electron chi connectivity index (χ3n) is 5.86. The lowest BCUT2D eigenvalue weighted by molar-refractivity contribution is -0.937. The Kier molecular flexibility index (Phi) is 3.54. The zero-order valence-electron chi connectivity index (χ0n) is 13.3. The number of H-pyrrole nitrogens is 1. The van der Waals surface area contributed by atoms with Gasteiger partial charge in [-0.1, -0.05) is 42.5 Å². The van der Waals surface area contributed by atoms with Crippen molar-refractivity contribution in [3.05, 3.63) is 70.9 Å². The smallest absolute Gasteiger partial charge is 0.156 e. The lowest BCUT2D eigenvalue weighted by Gasteiger charge is -2.48. The highest BCUT2D eigenvalue weighted by Gasteiger charge is 2.45. The molecule has 0 fully saturated rings. The number of benzene rings is 2. The molecule has 3 aromatic rings. The fourth-order valence-corrected chi connectivity index (χ4v) is 4.67. The van der Waals surface area contributed by atoms with E-state index in [0.29, 0.717) is 6.04 Å². The van der Waals surface area contributed by atoms with Crippen LogP contribution in [-0.4, -0.2) is 29.6 Å². The first kappa shape index (κ1) is 15.2. The standard InChI is InChI=1S/C20H21N2.HI/c1-22-12-10-14-6-2-3-7-15(14)20(22)19-17(11-13-22)16-8-4-5-9-18(16)21-19;/h2-9,20-21H,10-13H2,1H3;1H/q+1;/p-1. The van der Waals surface area contributed by atoms with Crippen molar-refractivity contribution < 1.29 is 28.5 Å². The van der Waals surface area contributed by atoms with Crippen molar-refractivity contribution >= 4 is 10.9 Å². The Labute approximate surface area is 154 Å². The molecular weight excluding hydrogens is 395 g/mol. The number of hydrogen-bond acceptors (Lipinski definition) is 0. The molecule has 23 heavy (non-hydrogen) atoms. The Balaban J connectivity index is 0.00000135. The second-order valence-corrected chi connectivity index (χ2v) is 7.09. The van der Waals surface area contributed by atoms with Crippen LogP contribution in [0.2, 0.25) is 0 Å². The van der Waals surface area contributed by atoms with E-state index in [-0.39, 0.29) is 24.0 Å². The molecule has 2 aliphatic rings. The molecule has 0 bridgehead atoms. The molecule has 2 nitrogen and oxygen atoms in total. The topological polar surface area (TPSA) is 15.8 Å². The molecule has 118 valence electrons. The monoisotopic (exact) mass is 416 g/mol. The van der Waals surface area contributed by atoms with Crippen molar-refractivity contribution in [3.63, 3.8) is 0 Å². The third-order valence-corrected chi connectivity index (χ3v) is 5.86. The molecule has 5 rings (SSSR count). The Morgan fingerprint density at radius 3 is 2.61 bits per heavy atom. The van der Waals surface area contributed by atoms with Crippen LogP contribution in [0.5, 0.6) is 0 Å². The van der Waals surface area contributed by atoms with Crippen molar-refractivity contribution in [1.29, 1.82) is 0 Å². The van der Waals surface area contributed by atoms with Gasteiger partial charge in [-0.25, -0.2) is 0 Å². The van der Waals surface area contributed by atoms with Gasteiger partial charge in [0.15, 0.2) is 6.04 Å². The van der Waals surface area contributed by atoms with Gasteiger partial charge in [-0.05, 0) is 17.2 Å². The van der Waals surface area contributed by atoms with Crippen molar-refractivity contribution in [1.82, 2.24) is 4.98 Å². The van der Waals surface area contributed by atoms with Crippen LogP contribution >= 0.6 is 0 Å². The van der Waals surface area contributed by atoms with Crippen LogP contribution < -0.4 is 24.0 Å². The van der Waals surface area contributed by atoms with Crippen LogP contribution in [-0.2, 0) is 12.8 Å².